The normalized spacial score (nSPS) is 9.16. The minimum atomic E-state index is -1.00. The second-order valence-corrected chi connectivity index (χ2v) is 7.61. The molecule has 0 heterocycles. The Balaban J connectivity index is 0. The van der Waals surface area contributed by atoms with E-state index in [0.29, 0.717) is 0 Å². The molecule has 25 heavy (non-hydrogen) atoms. The number of benzene rings is 2. The quantitative estimate of drug-likeness (QED) is 0.321. The first-order chi connectivity index (χ1) is 12.4. The van der Waals surface area contributed by atoms with E-state index in [1.165, 1.54) is 9.26 Å². The SMILES string of the molecule is Brc1ccc(I)cc1.CCN(C)c1ccc(Br)cc1.[2H]CF.[CH2+]CNC. The fourth-order valence-electron chi connectivity index (χ4n) is 1.31. The van der Waals surface area contributed by atoms with Crippen LogP contribution in [-0.2, 0) is 0 Å². The predicted octanol–water partition coefficient (Wildman–Crippen LogP) is 6.58. The lowest BCUT2D eigenvalue weighted by Crippen LogP contribution is -2.15. The van der Waals surface area contributed by atoms with Crippen molar-refractivity contribution >= 4 is 60.1 Å². The highest BCUT2D eigenvalue weighted by molar-refractivity contribution is 14.1. The second-order valence-electron chi connectivity index (χ2n) is 4.53. The molecule has 0 atom stereocenters. The minimum Gasteiger partial charge on any atom is -0.375 e. The fourth-order valence-corrected chi connectivity index (χ4v) is 2.20. The molecule has 0 aliphatic rings. The van der Waals surface area contributed by atoms with Gasteiger partial charge in [-0.15, -0.1) is 0 Å². The summed E-state index contributed by atoms with van der Waals surface area (Å²) in [7, 11) is 2.95. The molecule has 1 N–H and O–H groups in total. The molecule has 0 amide bonds. The summed E-state index contributed by atoms with van der Waals surface area (Å²) < 4.78 is 19.0. The maximum Gasteiger partial charge on any atom is 0.136 e. The topological polar surface area (TPSA) is 15.3 Å². The van der Waals surface area contributed by atoms with Gasteiger partial charge in [0.2, 0.25) is 0 Å². The molecule has 0 spiro atoms. The van der Waals surface area contributed by atoms with Crippen molar-refractivity contribution in [3.63, 3.8) is 0 Å². The molecule has 140 valence electrons. The molecule has 6 heteroatoms. The summed E-state index contributed by atoms with van der Waals surface area (Å²) in [5.74, 6) is 0. The van der Waals surface area contributed by atoms with Gasteiger partial charge in [-0.25, -0.2) is 0 Å². The van der Waals surface area contributed by atoms with Gasteiger partial charge < -0.3 is 4.90 Å². The van der Waals surface area contributed by atoms with Crippen molar-refractivity contribution < 1.29 is 5.76 Å². The van der Waals surface area contributed by atoms with Gasteiger partial charge in [0.05, 0.1) is 15.4 Å². The average molecular weight is 590 g/mol. The van der Waals surface area contributed by atoms with Crippen LogP contribution in [-0.4, -0.2) is 34.3 Å². The molecular formula is C19H27Br2FIN2+. The number of nitrogens with one attached hydrogen (secondary N) is 1. The van der Waals surface area contributed by atoms with E-state index in [0.717, 1.165) is 22.0 Å². The molecule has 0 radical (unpaired) electrons. The van der Waals surface area contributed by atoms with Crippen molar-refractivity contribution in [3.8, 4) is 0 Å². The van der Waals surface area contributed by atoms with Crippen molar-refractivity contribution in [1.82, 2.24) is 5.32 Å². The van der Waals surface area contributed by atoms with Gasteiger partial charge in [-0.1, -0.05) is 31.9 Å². The Bertz CT molecular complexity index is 519. The molecule has 0 fully saturated rings. The monoisotopic (exact) mass is 588 g/mol. The predicted molar refractivity (Wildman–Crippen MR) is 126 cm³/mol. The zero-order chi connectivity index (χ0) is 20.4. The highest BCUT2D eigenvalue weighted by Gasteiger charge is 1.95. The van der Waals surface area contributed by atoms with Gasteiger partial charge in [0.1, 0.15) is 6.54 Å². The van der Waals surface area contributed by atoms with Crippen LogP contribution in [0.25, 0.3) is 0 Å². The van der Waals surface area contributed by atoms with E-state index in [9.17, 15) is 4.39 Å². The van der Waals surface area contributed by atoms with Crippen molar-refractivity contribution in [2.24, 2.45) is 0 Å². The molecule has 0 aromatic heterocycles. The molecule has 0 bridgehead atoms. The zero-order valence-corrected chi connectivity index (χ0v) is 20.2. The second kappa shape index (κ2) is 18.5. The average Bonchev–Trinajstić information content (AvgIpc) is 2.65. The van der Waals surface area contributed by atoms with Crippen molar-refractivity contribution in [2.45, 2.75) is 6.92 Å². The largest absolute Gasteiger partial charge is 0.375 e. The molecule has 0 unspecified atom stereocenters. The number of alkyl halides is 1. The van der Waals surface area contributed by atoms with Crippen LogP contribution in [0, 0.1) is 10.5 Å². The Morgan fingerprint density at radius 3 is 1.76 bits per heavy atom. The van der Waals surface area contributed by atoms with Crippen LogP contribution in [0.15, 0.2) is 57.5 Å². The Hall–Kier alpha value is -0.310. The minimum absolute atomic E-state index is 0.819. The fraction of sp³-hybridized carbons (Fsp3) is 0.316. The van der Waals surface area contributed by atoms with E-state index >= 15 is 0 Å². The first kappa shape index (κ1) is 24.7. The van der Waals surface area contributed by atoms with Gasteiger partial charge in [0.15, 0.2) is 0 Å². The molecule has 0 aliphatic carbocycles. The molecule has 2 aromatic carbocycles. The molecule has 0 saturated carbocycles. The van der Waals surface area contributed by atoms with E-state index in [-0.39, 0.29) is 0 Å². The van der Waals surface area contributed by atoms with Gasteiger partial charge in [0, 0.05) is 31.8 Å². The third-order valence-corrected chi connectivity index (χ3v) is 4.57. The lowest BCUT2D eigenvalue weighted by Gasteiger charge is -2.16. The van der Waals surface area contributed by atoms with Crippen LogP contribution in [0.2, 0.25) is 0 Å². The molecule has 2 nitrogen and oxygen atoms in total. The van der Waals surface area contributed by atoms with Crippen LogP contribution >= 0.6 is 54.5 Å². The van der Waals surface area contributed by atoms with Gasteiger partial charge in [-0.05, 0) is 85.1 Å². The first-order valence-electron chi connectivity index (χ1n) is 8.23. The van der Waals surface area contributed by atoms with Crippen LogP contribution in [0.4, 0.5) is 10.1 Å². The Morgan fingerprint density at radius 1 is 1.12 bits per heavy atom. The summed E-state index contributed by atoms with van der Waals surface area (Å²) >= 11 is 9.02. The van der Waals surface area contributed by atoms with E-state index in [1.807, 2.05) is 19.2 Å². The molecule has 2 aromatic rings. The number of anilines is 1. The van der Waals surface area contributed by atoms with Crippen molar-refractivity contribution in [1.29, 1.82) is 0 Å². The third-order valence-electron chi connectivity index (χ3n) is 2.80. The number of halogens is 4. The maximum absolute atomic E-state index is 9.96. The van der Waals surface area contributed by atoms with E-state index in [1.54, 1.807) is 0 Å². The number of hydrogen-bond donors (Lipinski definition) is 1. The Morgan fingerprint density at radius 2 is 1.48 bits per heavy atom. The summed E-state index contributed by atoms with van der Waals surface area (Å²) in [4.78, 5) is 2.20. The summed E-state index contributed by atoms with van der Waals surface area (Å²) in [6.45, 7) is 7.50. The van der Waals surface area contributed by atoms with Gasteiger partial charge >= 0.3 is 0 Å². The molecule has 2 rings (SSSR count). The standard InChI is InChI=1S/C9H12BrN.C6H4BrI.C3H8N.CH3F/c1-3-11(2)9-6-4-8(10)5-7-9;7-5-1-3-6(8)4-2-5;1-3-4-2;1-2/h4-7H,3H2,1-2H3;1-4H;4H,1,3H2,2H3;1H3/q;;+1;/i;;;1D. The number of hydrogen-bond acceptors (Lipinski definition) is 2. The van der Waals surface area contributed by atoms with Crippen LogP contribution < -0.4 is 10.2 Å². The smallest absolute Gasteiger partial charge is 0.136 e. The van der Waals surface area contributed by atoms with Crippen LogP contribution in [0.5, 0.6) is 0 Å². The van der Waals surface area contributed by atoms with Crippen LogP contribution in [0.1, 0.15) is 8.29 Å². The summed E-state index contributed by atoms with van der Waals surface area (Å²) in [6.07, 6.45) is 0. The van der Waals surface area contributed by atoms with Crippen molar-refractivity contribution in [3.05, 3.63) is 68.0 Å². The highest BCUT2D eigenvalue weighted by atomic mass is 127. The zero-order valence-electron chi connectivity index (χ0n) is 15.9. The van der Waals surface area contributed by atoms with E-state index < -0.39 is 7.15 Å². The first-order valence-corrected chi connectivity index (χ1v) is 10.2. The highest BCUT2D eigenvalue weighted by Crippen LogP contribution is 2.16. The summed E-state index contributed by atoms with van der Waals surface area (Å²) in [6, 6.07) is 16.5. The van der Waals surface area contributed by atoms with Crippen molar-refractivity contribution in [2.75, 3.05) is 39.2 Å². The van der Waals surface area contributed by atoms with Gasteiger partial charge in [-0.2, -0.15) is 0 Å². The Labute approximate surface area is 184 Å². The summed E-state index contributed by atoms with van der Waals surface area (Å²) in [5, 5.41) is 2.82. The molecular weight excluding hydrogens is 562 g/mol. The van der Waals surface area contributed by atoms with E-state index in [2.05, 4.69) is 122 Å². The van der Waals surface area contributed by atoms with Gasteiger partial charge in [0.25, 0.3) is 0 Å². The maximum atomic E-state index is 9.96. The van der Waals surface area contributed by atoms with Crippen LogP contribution in [0.3, 0.4) is 0 Å². The number of rotatable bonds is 3. The van der Waals surface area contributed by atoms with Gasteiger partial charge in [-0.3, -0.25) is 9.71 Å². The Kier molecular flexibility index (Phi) is 18.3. The third kappa shape index (κ3) is 15.6. The number of nitrogens with zero attached hydrogens (tertiary/aromatic N) is 1. The molecule has 0 saturated heterocycles. The lowest BCUT2D eigenvalue weighted by molar-refractivity contribution is 0.636. The lowest BCUT2D eigenvalue weighted by atomic mass is 10.3. The van der Waals surface area contributed by atoms with E-state index in [4.69, 9.17) is 1.37 Å². The summed E-state index contributed by atoms with van der Waals surface area (Å²) in [5.41, 5.74) is 1.26. The molecule has 0 aliphatic heterocycles.